The zero-order valence-corrected chi connectivity index (χ0v) is 17.4. The van der Waals surface area contributed by atoms with E-state index in [0.717, 1.165) is 34.5 Å². The van der Waals surface area contributed by atoms with Crippen molar-refractivity contribution in [2.45, 2.75) is 24.4 Å². The van der Waals surface area contributed by atoms with Crippen LogP contribution in [0.2, 0.25) is 0 Å². The molecule has 1 atom stereocenters. The van der Waals surface area contributed by atoms with Crippen LogP contribution in [-0.2, 0) is 16.6 Å². The lowest BCUT2D eigenvalue weighted by molar-refractivity contribution is -0.125. The molecule has 0 saturated heterocycles. The number of benzene rings is 2. The summed E-state index contributed by atoms with van der Waals surface area (Å²) in [4.78, 5) is 15.4. The average Bonchev–Trinajstić information content (AvgIpc) is 3.37. The van der Waals surface area contributed by atoms with Crippen LogP contribution in [0.25, 0.3) is 0 Å². The predicted octanol–water partition coefficient (Wildman–Crippen LogP) is 3.61. The molecule has 31 heavy (non-hydrogen) atoms. The fourth-order valence-electron chi connectivity index (χ4n) is 4.66. The lowest BCUT2D eigenvalue weighted by Crippen LogP contribution is -2.43. The van der Waals surface area contributed by atoms with Crippen molar-refractivity contribution in [3.8, 4) is 11.5 Å². The molecular formula is C22H22ClF3N2O3. The maximum atomic E-state index is 13.7. The molecule has 5 rings (SSSR count). The molecule has 1 unspecified atom stereocenters. The van der Waals surface area contributed by atoms with Crippen LogP contribution in [0, 0.1) is 0 Å². The minimum Gasteiger partial charge on any atom is -0.493 e. The van der Waals surface area contributed by atoms with E-state index in [0.29, 0.717) is 25.3 Å². The molecule has 0 aromatic heterocycles. The van der Waals surface area contributed by atoms with Crippen LogP contribution >= 0.6 is 12.4 Å². The lowest BCUT2D eigenvalue weighted by atomic mass is 9.76. The summed E-state index contributed by atoms with van der Waals surface area (Å²) in [6.45, 7) is 0.314. The first kappa shape index (κ1) is 21.8. The van der Waals surface area contributed by atoms with E-state index in [1.165, 1.54) is 0 Å². The fraction of sp³-hybridized carbons (Fsp3) is 0.409. The molecule has 0 radical (unpaired) electrons. The van der Waals surface area contributed by atoms with Gasteiger partial charge in [0, 0.05) is 30.3 Å². The van der Waals surface area contributed by atoms with E-state index in [4.69, 9.17) is 9.47 Å². The van der Waals surface area contributed by atoms with Gasteiger partial charge in [-0.15, -0.1) is 12.4 Å². The molecule has 9 heteroatoms. The molecule has 3 aliphatic rings. The molecular weight excluding hydrogens is 433 g/mol. The third-order valence-corrected chi connectivity index (χ3v) is 6.02. The molecule has 0 saturated carbocycles. The van der Waals surface area contributed by atoms with Gasteiger partial charge in [-0.3, -0.25) is 4.79 Å². The summed E-state index contributed by atoms with van der Waals surface area (Å²) < 4.78 is 48.6. The number of alkyl halides is 3. The number of carbonyl (C=O) groups is 1. The Morgan fingerprint density at radius 2 is 1.90 bits per heavy atom. The Balaban J connectivity index is 0.00000231. The second kappa shape index (κ2) is 7.91. The molecule has 3 heterocycles. The molecule has 166 valence electrons. The van der Waals surface area contributed by atoms with Gasteiger partial charge in [0.1, 0.15) is 23.5 Å². The van der Waals surface area contributed by atoms with Crippen molar-refractivity contribution >= 4 is 24.0 Å². The van der Waals surface area contributed by atoms with Crippen LogP contribution in [0.3, 0.4) is 0 Å². The quantitative estimate of drug-likeness (QED) is 0.701. The predicted molar refractivity (Wildman–Crippen MR) is 112 cm³/mol. The van der Waals surface area contributed by atoms with E-state index >= 15 is 0 Å². The highest BCUT2D eigenvalue weighted by Gasteiger charge is 2.57. The third kappa shape index (κ3) is 3.51. The van der Waals surface area contributed by atoms with Crippen molar-refractivity contribution in [2.75, 3.05) is 37.7 Å². The van der Waals surface area contributed by atoms with Crippen molar-refractivity contribution in [3.63, 3.8) is 0 Å². The number of ether oxygens (including phenoxy) is 2. The molecule has 0 bridgehead atoms. The van der Waals surface area contributed by atoms with Gasteiger partial charge in [-0.05, 0) is 36.2 Å². The van der Waals surface area contributed by atoms with Crippen molar-refractivity contribution in [1.29, 1.82) is 0 Å². The first-order valence-corrected chi connectivity index (χ1v) is 10.0. The summed E-state index contributed by atoms with van der Waals surface area (Å²) in [6.07, 6.45) is -3.03. The fourth-order valence-corrected chi connectivity index (χ4v) is 4.66. The van der Waals surface area contributed by atoms with Crippen LogP contribution in [0.5, 0.6) is 11.5 Å². The van der Waals surface area contributed by atoms with Gasteiger partial charge in [0.25, 0.3) is 0 Å². The normalized spacial score (nSPS) is 20.7. The molecule has 1 amide bonds. The van der Waals surface area contributed by atoms with Gasteiger partial charge in [-0.2, -0.15) is 13.2 Å². The van der Waals surface area contributed by atoms with Crippen LogP contribution in [-0.4, -0.2) is 44.9 Å². The zero-order valence-electron chi connectivity index (χ0n) is 16.6. The Morgan fingerprint density at radius 1 is 1.10 bits per heavy atom. The van der Waals surface area contributed by atoms with E-state index in [1.807, 2.05) is 36.4 Å². The number of fused-ring (bicyclic) bond motifs is 5. The van der Waals surface area contributed by atoms with E-state index in [2.05, 4.69) is 5.32 Å². The van der Waals surface area contributed by atoms with Gasteiger partial charge in [0.05, 0.1) is 13.2 Å². The van der Waals surface area contributed by atoms with Crippen LogP contribution < -0.4 is 19.7 Å². The number of nitrogens with zero attached hydrogens (tertiary/aromatic N) is 1. The van der Waals surface area contributed by atoms with E-state index in [1.54, 1.807) is 4.90 Å². The monoisotopic (exact) mass is 454 g/mol. The summed E-state index contributed by atoms with van der Waals surface area (Å²) in [6, 6.07) is 11.5. The number of carbonyl (C=O) groups excluding carboxylic acids is 1. The highest BCUT2D eigenvalue weighted by Crippen LogP contribution is 2.53. The molecule has 0 aliphatic carbocycles. The summed E-state index contributed by atoms with van der Waals surface area (Å²) in [5, 5.41) is 2.39. The van der Waals surface area contributed by atoms with E-state index in [-0.39, 0.29) is 31.5 Å². The SMILES string of the molecule is Cl.O=C1N(CCCNCC(F)(F)F)c2ccccc2C12COc1cc3c(cc12)CCO3. The van der Waals surface area contributed by atoms with Gasteiger partial charge in [-0.25, -0.2) is 0 Å². The summed E-state index contributed by atoms with van der Waals surface area (Å²) in [7, 11) is 0. The van der Waals surface area contributed by atoms with Gasteiger partial charge in [0.15, 0.2) is 0 Å². The molecule has 1 spiro atoms. The second-order valence-corrected chi connectivity index (χ2v) is 7.87. The summed E-state index contributed by atoms with van der Waals surface area (Å²) >= 11 is 0. The summed E-state index contributed by atoms with van der Waals surface area (Å²) in [5.41, 5.74) is 2.69. The maximum absolute atomic E-state index is 13.7. The van der Waals surface area contributed by atoms with Crippen LogP contribution in [0.15, 0.2) is 36.4 Å². The average molecular weight is 455 g/mol. The number of hydrogen-bond donors (Lipinski definition) is 1. The van der Waals surface area contributed by atoms with Crippen molar-refractivity contribution in [1.82, 2.24) is 5.32 Å². The number of anilines is 1. The standard InChI is InChI=1S/C22H21F3N2O3.ClH/c23-22(24,25)12-26-7-3-8-27-17-5-2-1-4-15(17)21(20(27)28)13-30-19-11-18-14(6-9-29-18)10-16(19)21;/h1-2,4-5,10-11,26H,3,6-9,12-13H2;1H. The highest BCUT2D eigenvalue weighted by atomic mass is 35.5. The lowest BCUT2D eigenvalue weighted by Gasteiger charge is -2.23. The third-order valence-electron chi connectivity index (χ3n) is 6.02. The summed E-state index contributed by atoms with van der Waals surface area (Å²) in [5.74, 6) is 1.38. The van der Waals surface area contributed by atoms with Crippen molar-refractivity contribution in [2.24, 2.45) is 0 Å². The number of amides is 1. The maximum Gasteiger partial charge on any atom is 0.401 e. The van der Waals surface area contributed by atoms with Gasteiger partial charge in [-0.1, -0.05) is 18.2 Å². The molecule has 1 N–H and O–H groups in total. The van der Waals surface area contributed by atoms with Crippen LogP contribution in [0.1, 0.15) is 23.1 Å². The Kier molecular flexibility index (Phi) is 5.55. The Hall–Kier alpha value is -2.45. The topological polar surface area (TPSA) is 50.8 Å². The largest absolute Gasteiger partial charge is 0.493 e. The number of para-hydroxylation sites is 1. The second-order valence-electron chi connectivity index (χ2n) is 7.87. The molecule has 3 aliphatic heterocycles. The Bertz CT molecular complexity index is 1010. The number of halogens is 4. The Labute approximate surface area is 183 Å². The smallest absolute Gasteiger partial charge is 0.401 e. The molecule has 2 aromatic rings. The first-order chi connectivity index (χ1) is 14.4. The number of nitrogens with one attached hydrogen (secondary N) is 1. The molecule has 5 nitrogen and oxygen atoms in total. The molecule has 2 aromatic carbocycles. The van der Waals surface area contributed by atoms with Gasteiger partial charge in [0.2, 0.25) is 5.91 Å². The zero-order chi connectivity index (χ0) is 20.9. The van der Waals surface area contributed by atoms with Gasteiger partial charge < -0.3 is 19.7 Å². The minimum absolute atomic E-state index is 0. The minimum atomic E-state index is -4.24. The Morgan fingerprint density at radius 3 is 2.71 bits per heavy atom. The molecule has 0 fully saturated rings. The van der Waals surface area contributed by atoms with Gasteiger partial charge >= 0.3 is 6.18 Å². The van der Waals surface area contributed by atoms with E-state index in [9.17, 15) is 18.0 Å². The first-order valence-electron chi connectivity index (χ1n) is 10.0. The van der Waals surface area contributed by atoms with E-state index < -0.39 is 18.1 Å². The van der Waals surface area contributed by atoms with Crippen molar-refractivity contribution < 1.29 is 27.4 Å². The highest BCUT2D eigenvalue weighted by molar-refractivity contribution is 6.11. The number of rotatable bonds is 5. The van der Waals surface area contributed by atoms with Crippen molar-refractivity contribution in [3.05, 3.63) is 53.1 Å². The van der Waals surface area contributed by atoms with Crippen LogP contribution in [0.4, 0.5) is 18.9 Å². The number of hydrogen-bond acceptors (Lipinski definition) is 4.